The van der Waals surface area contributed by atoms with E-state index in [0.717, 1.165) is 5.56 Å². The van der Waals surface area contributed by atoms with Crippen LogP contribution in [-0.2, 0) is 16.1 Å². The number of hydrogen-bond donors (Lipinski definition) is 5. The average Bonchev–Trinajstić information content (AvgIpc) is 3.42. The number of urea groups is 1. The Morgan fingerprint density at radius 2 is 1.69 bits per heavy atom. The molecule has 4 aromatic rings. The Bertz CT molecular complexity index is 2040. The molecule has 49 heavy (non-hydrogen) atoms. The molecule has 6 amide bonds. The molecule has 13 nitrogen and oxygen atoms in total. The number of hydrogen-bond acceptors (Lipinski definition) is 8. The Morgan fingerprint density at radius 1 is 0.918 bits per heavy atom. The fraction of sp³-hybridized carbons (Fsp3) is 0.171. The second-order valence-corrected chi connectivity index (χ2v) is 11.5. The second-order valence-electron chi connectivity index (χ2n) is 11.1. The highest BCUT2D eigenvalue weighted by molar-refractivity contribution is 6.29. The SMILES string of the molecule is O=C1CCC(N2Cc3cccc(NCCNC(=O)c4cccc(C#Cc5cc(NC(=O)Nc6ccnc(Cl)c6)ccn5)c4)c3C2=O)C(=O)N1. The molecule has 6 rings (SSSR count). The zero-order valence-corrected chi connectivity index (χ0v) is 26.6. The van der Waals surface area contributed by atoms with Gasteiger partial charge in [0.25, 0.3) is 11.8 Å². The number of imide groups is 1. The number of carbonyl (C=O) groups excluding carboxylic acids is 5. The molecule has 0 radical (unpaired) electrons. The molecular weight excluding hydrogens is 648 g/mol. The van der Waals surface area contributed by atoms with Crippen LogP contribution in [0.15, 0.2) is 79.1 Å². The van der Waals surface area contributed by atoms with Crippen molar-refractivity contribution < 1.29 is 24.0 Å². The van der Waals surface area contributed by atoms with E-state index in [0.29, 0.717) is 52.4 Å². The molecular formula is C35H29ClN8O5. The molecule has 2 aromatic heterocycles. The minimum Gasteiger partial charge on any atom is -0.383 e. The molecule has 1 unspecified atom stereocenters. The van der Waals surface area contributed by atoms with Gasteiger partial charge in [-0.2, -0.15) is 0 Å². The second kappa shape index (κ2) is 14.7. The fourth-order valence-corrected chi connectivity index (χ4v) is 5.64. The van der Waals surface area contributed by atoms with E-state index in [2.05, 4.69) is 48.4 Å². The maximum atomic E-state index is 13.3. The first-order valence-electron chi connectivity index (χ1n) is 15.3. The molecule has 0 aliphatic carbocycles. The van der Waals surface area contributed by atoms with Crippen LogP contribution in [0.5, 0.6) is 0 Å². The zero-order valence-electron chi connectivity index (χ0n) is 25.9. The monoisotopic (exact) mass is 676 g/mol. The minimum atomic E-state index is -0.693. The molecule has 5 N–H and O–H groups in total. The van der Waals surface area contributed by atoms with Crippen molar-refractivity contribution in [3.8, 4) is 11.8 Å². The number of nitrogens with one attached hydrogen (secondary N) is 5. The van der Waals surface area contributed by atoms with Crippen molar-refractivity contribution in [2.45, 2.75) is 25.4 Å². The summed E-state index contributed by atoms with van der Waals surface area (Å²) in [7, 11) is 0. The normalized spacial score (nSPS) is 15.0. The van der Waals surface area contributed by atoms with Gasteiger partial charge < -0.3 is 26.2 Å². The van der Waals surface area contributed by atoms with Gasteiger partial charge in [-0.05, 0) is 66.4 Å². The number of piperidine rings is 1. The Labute approximate surface area is 285 Å². The van der Waals surface area contributed by atoms with Crippen LogP contribution in [0.3, 0.4) is 0 Å². The lowest BCUT2D eigenvalue weighted by atomic mass is 10.0. The Hall–Kier alpha value is -6.26. The average molecular weight is 677 g/mol. The number of amides is 6. The first-order valence-corrected chi connectivity index (χ1v) is 15.7. The topological polar surface area (TPSA) is 175 Å². The zero-order chi connectivity index (χ0) is 34.3. The first-order chi connectivity index (χ1) is 23.7. The van der Waals surface area contributed by atoms with Crippen LogP contribution in [0, 0.1) is 11.8 Å². The number of benzene rings is 2. The summed E-state index contributed by atoms with van der Waals surface area (Å²) in [4.78, 5) is 72.1. The van der Waals surface area contributed by atoms with E-state index >= 15 is 0 Å². The highest BCUT2D eigenvalue weighted by atomic mass is 35.5. The third-order valence-electron chi connectivity index (χ3n) is 7.74. The van der Waals surface area contributed by atoms with Crippen molar-refractivity contribution in [2.24, 2.45) is 0 Å². The lowest BCUT2D eigenvalue weighted by Crippen LogP contribution is -2.52. The lowest BCUT2D eigenvalue weighted by molar-refractivity contribution is -0.136. The number of halogens is 1. The van der Waals surface area contributed by atoms with E-state index < -0.39 is 18.0 Å². The lowest BCUT2D eigenvalue weighted by Gasteiger charge is -2.29. The van der Waals surface area contributed by atoms with Gasteiger partial charge in [0.2, 0.25) is 11.8 Å². The minimum absolute atomic E-state index is 0.187. The fourth-order valence-electron chi connectivity index (χ4n) is 5.46. The van der Waals surface area contributed by atoms with Crippen LogP contribution in [0.1, 0.15) is 50.4 Å². The number of pyridine rings is 2. The largest absolute Gasteiger partial charge is 0.383 e. The van der Waals surface area contributed by atoms with E-state index in [9.17, 15) is 24.0 Å². The van der Waals surface area contributed by atoms with E-state index in [-0.39, 0.29) is 42.4 Å². The third kappa shape index (κ3) is 8.01. The van der Waals surface area contributed by atoms with Crippen LogP contribution in [0.4, 0.5) is 21.9 Å². The number of carbonyl (C=O) groups is 5. The molecule has 2 aliphatic rings. The summed E-state index contributed by atoms with van der Waals surface area (Å²) in [5.41, 5.74) is 4.28. The van der Waals surface area contributed by atoms with Crippen LogP contribution in [-0.4, -0.2) is 63.7 Å². The van der Waals surface area contributed by atoms with Gasteiger partial charge in [0, 0.05) is 66.6 Å². The van der Waals surface area contributed by atoms with Crippen molar-refractivity contribution in [1.82, 2.24) is 25.5 Å². The Balaban J connectivity index is 1.01. The predicted octanol–water partition coefficient (Wildman–Crippen LogP) is 3.78. The maximum Gasteiger partial charge on any atom is 0.323 e. The predicted molar refractivity (Wildman–Crippen MR) is 182 cm³/mol. The van der Waals surface area contributed by atoms with Gasteiger partial charge in [0.15, 0.2) is 0 Å². The van der Waals surface area contributed by atoms with Crippen molar-refractivity contribution in [1.29, 1.82) is 0 Å². The molecule has 2 aromatic carbocycles. The van der Waals surface area contributed by atoms with E-state index in [1.165, 1.54) is 23.4 Å². The Kier molecular flexibility index (Phi) is 9.78. The summed E-state index contributed by atoms with van der Waals surface area (Å²) in [6, 6.07) is 17.5. The molecule has 1 atom stereocenters. The molecule has 2 aliphatic heterocycles. The molecule has 0 bridgehead atoms. The van der Waals surface area contributed by atoms with Gasteiger partial charge in [-0.1, -0.05) is 35.7 Å². The molecule has 246 valence electrons. The van der Waals surface area contributed by atoms with Gasteiger partial charge in [-0.3, -0.25) is 24.5 Å². The van der Waals surface area contributed by atoms with Gasteiger partial charge >= 0.3 is 6.03 Å². The number of fused-ring (bicyclic) bond motifs is 1. The van der Waals surface area contributed by atoms with Gasteiger partial charge in [-0.15, -0.1) is 0 Å². The summed E-state index contributed by atoms with van der Waals surface area (Å²) in [6.07, 6.45) is 3.48. The molecule has 1 saturated heterocycles. The quantitative estimate of drug-likeness (QED) is 0.0811. The van der Waals surface area contributed by atoms with Crippen LogP contribution >= 0.6 is 11.6 Å². The van der Waals surface area contributed by atoms with Gasteiger partial charge in [0.05, 0.1) is 5.56 Å². The van der Waals surface area contributed by atoms with Crippen LogP contribution in [0.2, 0.25) is 5.15 Å². The molecule has 1 fully saturated rings. The molecule has 4 heterocycles. The number of rotatable bonds is 8. The van der Waals surface area contributed by atoms with Gasteiger partial charge in [-0.25, -0.2) is 14.8 Å². The molecule has 0 spiro atoms. The summed E-state index contributed by atoms with van der Waals surface area (Å²) in [6.45, 7) is 0.900. The maximum absolute atomic E-state index is 13.3. The van der Waals surface area contributed by atoms with Crippen LogP contribution in [0.25, 0.3) is 0 Å². The van der Waals surface area contributed by atoms with Crippen molar-refractivity contribution >= 4 is 58.3 Å². The summed E-state index contributed by atoms with van der Waals surface area (Å²) < 4.78 is 0. The summed E-state index contributed by atoms with van der Waals surface area (Å²) in [5, 5.41) is 14.0. The van der Waals surface area contributed by atoms with E-state index in [1.807, 2.05) is 12.1 Å². The van der Waals surface area contributed by atoms with Crippen molar-refractivity contribution in [3.63, 3.8) is 0 Å². The standard InChI is InChI=1S/C35H29ClN8O5/c36-29-19-26(12-14-39-29)42-35(49)41-25-11-13-37-24(18-25)8-7-21-3-1-4-22(17-21)32(46)40-16-15-38-27-6-2-5-23-20-44(34(48)31(23)27)28-9-10-30(45)43-33(28)47/h1-6,11-14,17-19,28,38H,9-10,15-16,20H2,(H,40,46)(H,43,45,47)(H2,37,39,41,42,49). The van der Waals surface area contributed by atoms with E-state index in [4.69, 9.17) is 11.6 Å². The highest BCUT2D eigenvalue weighted by Gasteiger charge is 2.40. The smallest absolute Gasteiger partial charge is 0.323 e. The van der Waals surface area contributed by atoms with E-state index in [1.54, 1.807) is 48.5 Å². The summed E-state index contributed by atoms with van der Waals surface area (Å²) >= 11 is 5.86. The molecule has 0 saturated carbocycles. The van der Waals surface area contributed by atoms with Crippen LogP contribution < -0.4 is 26.6 Å². The first kappa shape index (κ1) is 32.7. The third-order valence-corrected chi connectivity index (χ3v) is 7.95. The number of anilines is 3. The van der Waals surface area contributed by atoms with Crippen molar-refractivity contribution in [2.75, 3.05) is 29.0 Å². The van der Waals surface area contributed by atoms with Gasteiger partial charge in [0.1, 0.15) is 16.9 Å². The highest BCUT2D eigenvalue weighted by Crippen LogP contribution is 2.32. The Morgan fingerprint density at radius 3 is 2.49 bits per heavy atom. The summed E-state index contributed by atoms with van der Waals surface area (Å²) in [5.74, 6) is 4.59. The number of aromatic nitrogens is 2. The van der Waals surface area contributed by atoms with Crippen molar-refractivity contribution in [3.05, 3.63) is 112 Å². The number of nitrogens with zero attached hydrogens (tertiary/aromatic N) is 3. The molecule has 14 heteroatoms.